The number of nitrogens with zero attached hydrogens (tertiary/aromatic N) is 2. The maximum atomic E-state index is 11.8. The van der Waals surface area contributed by atoms with Gasteiger partial charge in [0.15, 0.2) is 5.78 Å². The first-order chi connectivity index (χ1) is 11.0. The molecule has 23 heavy (non-hydrogen) atoms. The number of imidazole rings is 1. The predicted molar refractivity (Wildman–Crippen MR) is 91.3 cm³/mol. The average molecular weight is 313 g/mol. The maximum Gasteiger partial charge on any atom is 0.243 e. The molecule has 5 heteroatoms. The minimum absolute atomic E-state index is 0.0851. The molecule has 1 aromatic carbocycles. The number of nitrogens with one attached hydrogen (secondary N) is 1. The number of para-hydroxylation sites is 2. The molecule has 2 aromatic rings. The second kappa shape index (κ2) is 7.72. The van der Waals surface area contributed by atoms with E-state index in [2.05, 4.69) is 10.3 Å². The molecule has 0 bridgehead atoms. The van der Waals surface area contributed by atoms with Gasteiger partial charge in [0, 0.05) is 13.0 Å². The molecule has 5 nitrogen and oxygen atoms in total. The number of Topliss-reactive ketones (excluding diaryl/α,β-unsaturated/α-hetero) is 1. The predicted octanol–water partition coefficient (Wildman–Crippen LogP) is 2.81. The first kappa shape index (κ1) is 16.9. The minimum Gasteiger partial charge on any atom is -0.353 e. The smallest absolute Gasteiger partial charge is 0.243 e. The second-order valence-corrected chi connectivity index (χ2v) is 5.57. The Kier molecular flexibility index (Phi) is 5.68. The highest BCUT2D eigenvalue weighted by Gasteiger charge is 2.18. The Morgan fingerprint density at radius 2 is 2.09 bits per heavy atom. The van der Waals surface area contributed by atoms with Crippen molar-refractivity contribution in [3.05, 3.63) is 42.2 Å². The molecule has 0 spiro atoms. The number of amides is 1. The summed E-state index contributed by atoms with van der Waals surface area (Å²) in [5.74, 6) is 0.906. The lowest BCUT2D eigenvalue weighted by Crippen LogP contribution is -2.23. The third-order valence-corrected chi connectivity index (χ3v) is 3.84. The Labute approximate surface area is 136 Å². The fourth-order valence-electron chi connectivity index (χ4n) is 2.55. The van der Waals surface area contributed by atoms with Crippen molar-refractivity contribution in [3.8, 4) is 0 Å². The monoisotopic (exact) mass is 313 g/mol. The molecule has 2 rings (SSSR count). The zero-order valence-corrected chi connectivity index (χ0v) is 13.9. The Hall–Kier alpha value is -2.43. The number of hydrogen-bond acceptors (Lipinski definition) is 3. The van der Waals surface area contributed by atoms with Gasteiger partial charge in [-0.3, -0.25) is 9.59 Å². The van der Waals surface area contributed by atoms with Crippen LogP contribution in [0.5, 0.6) is 0 Å². The molecular formula is C18H23N3O2. The van der Waals surface area contributed by atoms with Crippen LogP contribution in [0.1, 0.15) is 39.1 Å². The van der Waals surface area contributed by atoms with E-state index in [1.54, 1.807) is 13.0 Å². The van der Waals surface area contributed by atoms with Crippen LogP contribution in [-0.4, -0.2) is 27.8 Å². The van der Waals surface area contributed by atoms with E-state index >= 15 is 0 Å². The number of ketones is 1. The molecule has 0 aliphatic rings. The normalized spacial score (nSPS) is 12.7. The summed E-state index contributed by atoms with van der Waals surface area (Å²) in [7, 11) is 0. The highest BCUT2D eigenvalue weighted by atomic mass is 16.1. The number of fused-ring (bicyclic) bond motifs is 1. The Balaban J connectivity index is 2.14. The average Bonchev–Trinajstić information content (AvgIpc) is 2.89. The zero-order valence-electron chi connectivity index (χ0n) is 13.9. The summed E-state index contributed by atoms with van der Waals surface area (Å²) < 4.78 is 2.01. The number of hydrogen-bond donors (Lipinski definition) is 1. The fourth-order valence-corrected chi connectivity index (χ4v) is 2.55. The maximum absolute atomic E-state index is 11.8. The number of aryl methyl sites for hydroxylation is 1. The molecule has 1 heterocycles. The highest BCUT2D eigenvalue weighted by molar-refractivity contribution is 5.87. The third kappa shape index (κ3) is 4.06. The molecule has 1 unspecified atom stereocenters. The Morgan fingerprint density at radius 3 is 2.78 bits per heavy atom. The number of carbonyl (C=O) groups excluding carboxylic acids is 2. The van der Waals surface area contributed by atoms with Crippen LogP contribution in [0.3, 0.4) is 0 Å². The van der Waals surface area contributed by atoms with Gasteiger partial charge in [0.05, 0.1) is 17.1 Å². The molecule has 0 fully saturated rings. The Bertz CT molecular complexity index is 731. The topological polar surface area (TPSA) is 64.0 Å². The fraction of sp³-hybridized carbons (Fsp3) is 0.389. The summed E-state index contributed by atoms with van der Waals surface area (Å²) in [5, 5.41) is 2.83. The van der Waals surface area contributed by atoms with Gasteiger partial charge < -0.3 is 9.88 Å². The molecule has 1 N–H and O–H groups in total. The van der Waals surface area contributed by atoms with Crippen LogP contribution < -0.4 is 5.32 Å². The van der Waals surface area contributed by atoms with Gasteiger partial charge in [-0.25, -0.2) is 4.98 Å². The van der Waals surface area contributed by atoms with Crippen LogP contribution in [0, 0.1) is 0 Å². The van der Waals surface area contributed by atoms with Gasteiger partial charge >= 0.3 is 0 Å². The lowest BCUT2D eigenvalue weighted by Gasteiger charge is -2.15. The number of aromatic nitrogens is 2. The second-order valence-electron chi connectivity index (χ2n) is 5.57. The first-order valence-corrected chi connectivity index (χ1v) is 7.91. The van der Waals surface area contributed by atoms with Crippen LogP contribution >= 0.6 is 0 Å². The van der Waals surface area contributed by atoms with Gasteiger partial charge in [-0.15, -0.1) is 0 Å². The van der Waals surface area contributed by atoms with Crippen molar-refractivity contribution in [2.45, 2.75) is 39.7 Å². The molecule has 0 radical (unpaired) electrons. The molecule has 1 aromatic heterocycles. The van der Waals surface area contributed by atoms with Crippen LogP contribution in [0.25, 0.3) is 11.0 Å². The van der Waals surface area contributed by atoms with Gasteiger partial charge in [-0.05, 0) is 45.4 Å². The van der Waals surface area contributed by atoms with E-state index in [0.717, 1.165) is 23.3 Å². The lowest BCUT2D eigenvalue weighted by molar-refractivity contribution is -0.119. The molecule has 0 aliphatic heterocycles. The van der Waals surface area contributed by atoms with Crippen molar-refractivity contribution in [1.82, 2.24) is 14.9 Å². The number of allylic oxidation sites excluding steroid dienone is 1. The van der Waals surface area contributed by atoms with Gasteiger partial charge in [0.25, 0.3) is 0 Å². The quantitative estimate of drug-likeness (QED) is 0.631. The standard InChI is InChI=1S/C18H23N3O2/c1-4-8-18(23)19-12-7-11-17-20-15-9-5-6-10-16(15)21(17)13(2)14(3)22/h4-6,8-10,13H,7,11-12H2,1-3H3,(H,19,23)/b8-4-. The van der Waals surface area contributed by atoms with Crippen molar-refractivity contribution in [1.29, 1.82) is 0 Å². The van der Waals surface area contributed by atoms with Crippen LogP contribution in [0.15, 0.2) is 36.4 Å². The zero-order chi connectivity index (χ0) is 16.8. The summed E-state index contributed by atoms with van der Waals surface area (Å²) in [6, 6.07) is 7.60. The largest absolute Gasteiger partial charge is 0.353 e. The van der Waals surface area contributed by atoms with E-state index in [-0.39, 0.29) is 17.7 Å². The Morgan fingerprint density at radius 1 is 1.35 bits per heavy atom. The van der Waals surface area contributed by atoms with Crippen LogP contribution in [0.4, 0.5) is 0 Å². The van der Waals surface area contributed by atoms with Gasteiger partial charge in [0.2, 0.25) is 5.91 Å². The summed E-state index contributed by atoms with van der Waals surface area (Å²) in [4.78, 5) is 27.9. The summed E-state index contributed by atoms with van der Waals surface area (Å²) in [6.07, 6.45) is 4.70. The molecule has 0 saturated heterocycles. The van der Waals surface area contributed by atoms with Crippen molar-refractivity contribution < 1.29 is 9.59 Å². The number of benzene rings is 1. The first-order valence-electron chi connectivity index (χ1n) is 7.91. The molecular weight excluding hydrogens is 290 g/mol. The number of rotatable bonds is 7. The van der Waals surface area contributed by atoms with E-state index in [1.807, 2.05) is 42.7 Å². The van der Waals surface area contributed by atoms with Crippen molar-refractivity contribution in [2.75, 3.05) is 6.54 Å². The van der Waals surface area contributed by atoms with Crippen LogP contribution in [-0.2, 0) is 16.0 Å². The van der Waals surface area contributed by atoms with Crippen molar-refractivity contribution >= 4 is 22.7 Å². The summed E-state index contributed by atoms with van der Waals surface area (Å²) >= 11 is 0. The van der Waals surface area contributed by atoms with Gasteiger partial charge in [-0.2, -0.15) is 0 Å². The van der Waals surface area contributed by atoms with E-state index < -0.39 is 0 Å². The summed E-state index contributed by atoms with van der Waals surface area (Å²) in [6.45, 7) is 5.89. The van der Waals surface area contributed by atoms with Gasteiger partial charge in [0.1, 0.15) is 5.82 Å². The lowest BCUT2D eigenvalue weighted by atomic mass is 10.2. The molecule has 1 atom stereocenters. The molecule has 122 valence electrons. The molecule has 1 amide bonds. The number of carbonyl (C=O) groups is 2. The van der Waals surface area contributed by atoms with E-state index in [9.17, 15) is 9.59 Å². The van der Waals surface area contributed by atoms with E-state index in [0.29, 0.717) is 13.0 Å². The van der Waals surface area contributed by atoms with Crippen molar-refractivity contribution in [2.24, 2.45) is 0 Å². The van der Waals surface area contributed by atoms with Crippen LogP contribution in [0.2, 0.25) is 0 Å². The van der Waals surface area contributed by atoms with E-state index in [1.165, 1.54) is 6.08 Å². The molecule has 0 aliphatic carbocycles. The van der Waals surface area contributed by atoms with E-state index in [4.69, 9.17) is 0 Å². The third-order valence-electron chi connectivity index (χ3n) is 3.84. The highest BCUT2D eigenvalue weighted by Crippen LogP contribution is 2.22. The summed E-state index contributed by atoms with van der Waals surface area (Å²) in [5.41, 5.74) is 1.87. The van der Waals surface area contributed by atoms with Crippen molar-refractivity contribution in [3.63, 3.8) is 0 Å². The minimum atomic E-state index is -0.241. The molecule has 0 saturated carbocycles. The van der Waals surface area contributed by atoms with Gasteiger partial charge in [-0.1, -0.05) is 18.2 Å². The SMILES string of the molecule is C/C=C\C(=O)NCCCc1nc2ccccc2n1C(C)C(C)=O.